The van der Waals surface area contributed by atoms with Gasteiger partial charge in [0, 0.05) is 11.6 Å². The van der Waals surface area contributed by atoms with E-state index in [4.69, 9.17) is 5.26 Å². The molecule has 1 saturated carbocycles. The fraction of sp³-hybridized carbons (Fsp3) is 0.533. The van der Waals surface area contributed by atoms with Gasteiger partial charge in [-0.3, -0.25) is 0 Å². The van der Waals surface area contributed by atoms with E-state index in [0.29, 0.717) is 0 Å². The lowest BCUT2D eigenvalue weighted by atomic mass is 9.70. The molecule has 1 aliphatic carbocycles. The van der Waals surface area contributed by atoms with E-state index in [9.17, 15) is 8.78 Å². The molecule has 20 heavy (non-hydrogen) atoms. The zero-order valence-corrected chi connectivity index (χ0v) is 11.2. The third-order valence-corrected chi connectivity index (χ3v) is 4.46. The second-order valence-electron chi connectivity index (χ2n) is 5.82. The number of halogens is 2. The molecule has 0 aromatic heterocycles. The van der Waals surface area contributed by atoms with Crippen molar-refractivity contribution in [3.63, 3.8) is 0 Å². The van der Waals surface area contributed by atoms with Crippen LogP contribution in [0.3, 0.4) is 0 Å². The topological polar surface area (TPSA) is 47.9 Å². The van der Waals surface area contributed by atoms with E-state index in [-0.39, 0.29) is 22.8 Å². The molecule has 2 fully saturated rings. The summed E-state index contributed by atoms with van der Waals surface area (Å²) in [5.41, 5.74) is 0.0758. The number of piperidine rings is 1. The predicted octanol–water partition coefficient (Wildman–Crippen LogP) is 2.92. The summed E-state index contributed by atoms with van der Waals surface area (Å²) < 4.78 is 27.7. The van der Waals surface area contributed by atoms with Crippen LogP contribution >= 0.6 is 0 Å². The van der Waals surface area contributed by atoms with Gasteiger partial charge in [-0.05, 0) is 50.8 Å². The van der Waals surface area contributed by atoms with Gasteiger partial charge in [0.05, 0.1) is 11.6 Å². The Kier molecular flexibility index (Phi) is 3.35. The maximum Gasteiger partial charge on any atom is 0.150 e. The number of rotatable bonds is 2. The average Bonchev–Trinajstić information content (AvgIpc) is 2.41. The van der Waals surface area contributed by atoms with Crippen LogP contribution in [0.4, 0.5) is 14.5 Å². The molecular weight excluding hydrogens is 260 g/mol. The molecule has 5 heteroatoms. The van der Waals surface area contributed by atoms with Crippen molar-refractivity contribution in [1.29, 1.82) is 5.26 Å². The summed E-state index contributed by atoms with van der Waals surface area (Å²) in [5.74, 6) is -1.38. The van der Waals surface area contributed by atoms with E-state index in [2.05, 4.69) is 10.6 Å². The first-order valence-electron chi connectivity index (χ1n) is 7.03. The molecule has 1 aliphatic heterocycles. The van der Waals surface area contributed by atoms with Gasteiger partial charge in [-0.25, -0.2) is 8.78 Å². The number of nitriles is 1. The molecule has 3 nitrogen and oxygen atoms in total. The van der Waals surface area contributed by atoms with Gasteiger partial charge in [-0.2, -0.15) is 5.26 Å². The normalized spacial score (nSPS) is 23.9. The number of anilines is 1. The standard InChI is InChI=1S/C15H17F2N3/c16-12-6-10(9-18)7-13(17)14(12)20-11-2-5-19-15(8-11)3-1-4-15/h6-7,11,19-20H,1-5,8H2. The van der Waals surface area contributed by atoms with Crippen molar-refractivity contribution in [3.8, 4) is 6.07 Å². The van der Waals surface area contributed by atoms with E-state index in [1.807, 2.05) is 0 Å². The average molecular weight is 277 g/mol. The smallest absolute Gasteiger partial charge is 0.150 e. The monoisotopic (exact) mass is 277 g/mol. The van der Waals surface area contributed by atoms with Gasteiger partial charge in [0.2, 0.25) is 0 Å². The molecule has 106 valence electrons. The molecule has 3 rings (SSSR count). The van der Waals surface area contributed by atoms with Crippen LogP contribution in [0.2, 0.25) is 0 Å². The molecule has 1 heterocycles. The number of hydrogen-bond acceptors (Lipinski definition) is 3. The fourth-order valence-electron chi connectivity index (χ4n) is 3.24. The van der Waals surface area contributed by atoms with Crippen LogP contribution < -0.4 is 10.6 Å². The van der Waals surface area contributed by atoms with Crippen molar-refractivity contribution in [1.82, 2.24) is 5.32 Å². The largest absolute Gasteiger partial charge is 0.377 e. The van der Waals surface area contributed by atoms with Gasteiger partial charge in [0.25, 0.3) is 0 Å². The summed E-state index contributed by atoms with van der Waals surface area (Å²) in [4.78, 5) is 0. The first-order chi connectivity index (χ1) is 9.62. The van der Waals surface area contributed by atoms with E-state index in [1.165, 1.54) is 6.42 Å². The summed E-state index contributed by atoms with van der Waals surface area (Å²) in [6, 6.07) is 3.98. The summed E-state index contributed by atoms with van der Waals surface area (Å²) in [6.07, 6.45) is 5.25. The maximum absolute atomic E-state index is 13.9. The zero-order valence-electron chi connectivity index (χ0n) is 11.2. The summed E-state index contributed by atoms with van der Waals surface area (Å²) >= 11 is 0. The molecule has 0 bridgehead atoms. The molecule has 1 atom stereocenters. The fourth-order valence-corrected chi connectivity index (χ4v) is 3.24. The van der Waals surface area contributed by atoms with Crippen LogP contribution in [-0.4, -0.2) is 18.1 Å². The second kappa shape index (κ2) is 5.02. The lowest BCUT2D eigenvalue weighted by molar-refractivity contribution is 0.135. The number of nitrogens with zero attached hydrogens (tertiary/aromatic N) is 1. The van der Waals surface area contributed by atoms with Crippen LogP contribution in [-0.2, 0) is 0 Å². The minimum atomic E-state index is -0.692. The Morgan fingerprint density at radius 2 is 2.00 bits per heavy atom. The third-order valence-electron chi connectivity index (χ3n) is 4.46. The molecule has 2 N–H and O–H groups in total. The Bertz CT molecular complexity index is 538. The van der Waals surface area contributed by atoms with Crippen molar-refractivity contribution >= 4 is 5.69 Å². The summed E-state index contributed by atoms with van der Waals surface area (Å²) in [5, 5.41) is 15.2. The van der Waals surface area contributed by atoms with Crippen molar-refractivity contribution in [2.45, 2.75) is 43.7 Å². The summed E-state index contributed by atoms with van der Waals surface area (Å²) in [6.45, 7) is 0.872. The predicted molar refractivity (Wildman–Crippen MR) is 72.3 cm³/mol. The highest BCUT2D eigenvalue weighted by Gasteiger charge is 2.41. The Hall–Kier alpha value is -1.67. The molecular formula is C15H17F2N3. The second-order valence-corrected chi connectivity index (χ2v) is 5.82. The van der Waals surface area contributed by atoms with Crippen molar-refractivity contribution in [3.05, 3.63) is 29.3 Å². The summed E-state index contributed by atoms with van der Waals surface area (Å²) in [7, 11) is 0. The highest BCUT2D eigenvalue weighted by Crippen LogP contribution is 2.39. The molecule has 1 saturated heterocycles. The maximum atomic E-state index is 13.9. The lowest BCUT2D eigenvalue weighted by Crippen LogP contribution is -2.58. The van der Waals surface area contributed by atoms with Gasteiger partial charge >= 0.3 is 0 Å². The van der Waals surface area contributed by atoms with Crippen LogP contribution in [0.5, 0.6) is 0 Å². The van der Waals surface area contributed by atoms with Crippen molar-refractivity contribution in [2.24, 2.45) is 0 Å². The zero-order chi connectivity index (χ0) is 14.2. The SMILES string of the molecule is N#Cc1cc(F)c(NC2CCNC3(CCC3)C2)c(F)c1. The van der Waals surface area contributed by atoms with Crippen LogP contribution in [0.25, 0.3) is 0 Å². The molecule has 0 radical (unpaired) electrons. The van der Waals surface area contributed by atoms with Gasteiger partial charge < -0.3 is 10.6 Å². The molecule has 1 spiro atoms. The van der Waals surface area contributed by atoms with E-state index in [1.54, 1.807) is 6.07 Å². The van der Waals surface area contributed by atoms with Gasteiger partial charge in [0.1, 0.15) is 5.69 Å². The lowest BCUT2D eigenvalue weighted by Gasteiger charge is -2.48. The molecule has 0 amide bonds. The molecule has 1 aromatic rings. The first kappa shape index (κ1) is 13.3. The number of nitrogens with one attached hydrogen (secondary N) is 2. The van der Waals surface area contributed by atoms with Gasteiger partial charge in [-0.15, -0.1) is 0 Å². The van der Waals surface area contributed by atoms with Crippen LogP contribution in [0, 0.1) is 23.0 Å². The Labute approximate surface area is 117 Å². The Morgan fingerprint density at radius 3 is 2.55 bits per heavy atom. The quantitative estimate of drug-likeness (QED) is 0.873. The molecule has 1 aromatic carbocycles. The first-order valence-corrected chi connectivity index (χ1v) is 7.03. The van der Waals surface area contributed by atoms with Crippen molar-refractivity contribution < 1.29 is 8.78 Å². The van der Waals surface area contributed by atoms with Crippen molar-refractivity contribution in [2.75, 3.05) is 11.9 Å². The molecule has 1 unspecified atom stereocenters. The van der Waals surface area contributed by atoms with Crippen LogP contribution in [0.1, 0.15) is 37.7 Å². The number of hydrogen-bond donors (Lipinski definition) is 2. The Morgan fingerprint density at radius 1 is 1.30 bits per heavy atom. The number of benzene rings is 1. The van der Waals surface area contributed by atoms with Crippen LogP contribution in [0.15, 0.2) is 12.1 Å². The van der Waals surface area contributed by atoms with Gasteiger partial charge in [0.15, 0.2) is 11.6 Å². The highest BCUT2D eigenvalue weighted by molar-refractivity contribution is 5.51. The van der Waals surface area contributed by atoms with E-state index >= 15 is 0 Å². The molecule has 2 aliphatic rings. The third kappa shape index (κ3) is 2.36. The van der Waals surface area contributed by atoms with E-state index in [0.717, 1.165) is 44.4 Å². The Balaban J connectivity index is 1.76. The van der Waals surface area contributed by atoms with Gasteiger partial charge in [-0.1, -0.05) is 0 Å². The highest BCUT2D eigenvalue weighted by atomic mass is 19.1. The van der Waals surface area contributed by atoms with E-state index < -0.39 is 11.6 Å². The minimum Gasteiger partial charge on any atom is -0.377 e. The minimum absolute atomic E-state index is 0.00586.